The summed E-state index contributed by atoms with van der Waals surface area (Å²) in [7, 11) is 12.8. The maximum Gasteiger partial charge on any atom is 0.129 e. The highest BCUT2D eigenvalue weighted by Crippen LogP contribution is 2.23. The molecule has 13 heavy (non-hydrogen) atoms. The Labute approximate surface area is 83.3 Å². The molecule has 80 valence electrons. The minimum atomic E-state index is 0.0503. The van der Waals surface area contributed by atoms with Gasteiger partial charge in [0, 0.05) is 0 Å². The van der Waals surface area contributed by atoms with Gasteiger partial charge >= 0.3 is 0 Å². The van der Waals surface area contributed by atoms with Gasteiger partial charge in [-0.05, 0) is 48.7 Å². The van der Waals surface area contributed by atoms with Crippen LogP contribution in [0.3, 0.4) is 0 Å². The second kappa shape index (κ2) is 4.94. The van der Waals surface area contributed by atoms with Crippen molar-refractivity contribution >= 4 is 0 Å². The first-order chi connectivity index (χ1) is 5.89. The van der Waals surface area contributed by atoms with Crippen molar-refractivity contribution in [2.75, 3.05) is 42.3 Å². The molecule has 0 bridgehead atoms. The third-order valence-corrected chi connectivity index (χ3v) is 2.73. The van der Waals surface area contributed by atoms with Gasteiger partial charge < -0.3 is 0 Å². The Morgan fingerprint density at radius 1 is 0.769 bits per heavy atom. The van der Waals surface area contributed by atoms with Crippen LogP contribution in [-0.4, -0.2) is 62.8 Å². The molecule has 0 saturated heterocycles. The molecule has 0 atom stereocenters. The molecule has 0 amide bonds. The average Bonchev–Trinajstić information content (AvgIpc) is 1.97. The average molecular weight is 187 g/mol. The van der Waals surface area contributed by atoms with Gasteiger partial charge in [0.2, 0.25) is 0 Å². The van der Waals surface area contributed by atoms with Crippen LogP contribution in [0.15, 0.2) is 0 Å². The molecule has 0 rings (SSSR count). The Balaban J connectivity index is 4.82. The summed E-state index contributed by atoms with van der Waals surface area (Å²) in [4.78, 5) is 6.82. The topological polar surface area (TPSA) is 9.72 Å². The summed E-state index contributed by atoms with van der Waals surface area (Å²) < 4.78 is 0. The van der Waals surface area contributed by atoms with Crippen LogP contribution in [0.5, 0.6) is 0 Å². The van der Waals surface area contributed by atoms with E-state index in [4.69, 9.17) is 0 Å². The Bertz CT molecular complexity index is 119. The first-order valence-electron chi connectivity index (χ1n) is 4.91. The summed E-state index contributed by atoms with van der Waals surface area (Å²) in [5.41, 5.74) is 0. The fraction of sp³-hybridized carbons (Fsp3) is 1.00. The molecule has 0 aromatic heterocycles. The van der Waals surface area contributed by atoms with Crippen molar-refractivity contribution in [2.45, 2.75) is 25.6 Å². The molecule has 0 unspecified atom stereocenters. The molecule has 0 heterocycles. The predicted molar refractivity (Wildman–Crippen MR) is 58.7 cm³/mol. The molecular formula is C10H25N3. The van der Waals surface area contributed by atoms with Gasteiger partial charge in [-0.3, -0.25) is 14.7 Å². The van der Waals surface area contributed by atoms with Crippen LogP contribution in [0.1, 0.15) is 19.8 Å². The summed E-state index contributed by atoms with van der Waals surface area (Å²) in [5, 5.41) is 0. The maximum atomic E-state index is 2.27. The largest absolute Gasteiger partial charge is 0.279 e. The van der Waals surface area contributed by atoms with E-state index in [2.05, 4.69) is 63.9 Å². The lowest BCUT2D eigenvalue weighted by atomic mass is 10.1. The molecule has 3 heteroatoms. The molecule has 0 saturated carbocycles. The van der Waals surface area contributed by atoms with E-state index >= 15 is 0 Å². The fourth-order valence-corrected chi connectivity index (χ4v) is 2.21. The zero-order chi connectivity index (χ0) is 10.6. The van der Waals surface area contributed by atoms with Gasteiger partial charge in [-0.2, -0.15) is 0 Å². The monoisotopic (exact) mass is 187 g/mol. The first kappa shape index (κ1) is 12.9. The van der Waals surface area contributed by atoms with Crippen LogP contribution in [0.25, 0.3) is 0 Å². The van der Waals surface area contributed by atoms with Gasteiger partial charge in [0.25, 0.3) is 0 Å². The van der Waals surface area contributed by atoms with E-state index in [9.17, 15) is 0 Å². The summed E-state index contributed by atoms with van der Waals surface area (Å²) in [5.74, 6) is 0.0503. The molecule has 0 aliphatic rings. The second-order valence-electron chi connectivity index (χ2n) is 4.21. The predicted octanol–water partition coefficient (Wildman–Crippen LogP) is 1.13. The Kier molecular flexibility index (Phi) is 4.89. The van der Waals surface area contributed by atoms with Gasteiger partial charge in [0.15, 0.2) is 0 Å². The quantitative estimate of drug-likeness (QED) is 0.597. The third-order valence-electron chi connectivity index (χ3n) is 2.73. The number of nitrogens with zero attached hydrogens (tertiary/aromatic N) is 3. The lowest BCUT2D eigenvalue weighted by molar-refractivity contribution is -0.114. The maximum absolute atomic E-state index is 2.27. The molecule has 0 radical (unpaired) electrons. The summed E-state index contributed by atoms with van der Waals surface area (Å²) in [6.07, 6.45) is 2.34. The van der Waals surface area contributed by atoms with Crippen LogP contribution < -0.4 is 0 Å². The van der Waals surface area contributed by atoms with E-state index in [1.54, 1.807) is 0 Å². The van der Waals surface area contributed by atoms with Crippen molar-refractivity contribution < 1.29 is 0 Å². The van der Waals surface area contributed by atoms with Crippen LogP contribution in [0.4, 0.5) is 0 Å². The molecule has 0 aromatic carbocycles. The highest BCUT2D eigenvalue weighted by molar-refractivity contribution is 4.81. The van der Waals surface area contributed by atoms with Crippen LogP contribution in [-0.2, 0) is 0 Å². The summed E-state index contributed by atoms with van der Waals surface area (Å²) >= 11 is 0. The highest BCUT2D eigenvalue weighted by atomic mass is 15.5. The number of hydrogen-bond donors (Lipinski definition) is 0. The van der Waals surface area contributed by atoms with E-state index in [1.165, 1.54) is 6.42 Å². The van der Waals surface area contributed by atoms with Gasteiger partial charge in [0.1, 0.15) is 5.79 Å². The van der Waals surface area contributed by atoms with Crippen molar-refractivity contribution in [2.24, 2.45) is 0 Å². The molecule has 3 nitrogen and oxygen atoms in total. The zero-order valence-corrected chi connectivity index (χ0v) is 10.3. The SMILES string of the molecule is CCCC(N(C)C)(N(C)C)N(C)C. The van der Waals surface area contributed by atoms with E-state index in [0.29, 0.717) is 0 Å². The van der Waals surface area contributed by atoms with Gasteiger partial charge in [-0.1, -0.05) is 13.3 Å². The summed E-state index contributed by atoms with van der Waals surface area (Å²) in [6, 6.07) is 0. The minimum Gasteiger partial charge on any atom is -0.279 e. The molecule has 0 aromatic rings. The number of hydrogen-bond acceptors (Lipinski definition) is 3. The summed E-state index contributed by atoms with van der Waals surface area (Å²) in [6.45, 7) is 2.23. The van der Waals surface area contributed by atoms with Crippen LogP contribution in [0.2, 0.25) is 0 Å². The standard InChI is InChI=1S/C10H25N3/c1-8-9-10(11(2)3,12(4)5)13(6)7/h8-9H2,1-7H3. The highest BCUT2D eigenvalue weighted by Gasteiger charge is 2.36. The smallest absolute Gasteiger partial charge is 0.129 e. The van der Waals surface area contributed by atoms with E-state index < -0.39 is 0 Å². The van der Waals surface area contributed by atoms with E-state index in [1.807, 2.05) is 0 Å². The zero-order valence-electron chi connectivity index (χ0n) is 10.3. The van der Waals surface area contributed by atoms with Crippen molar-refractivity contribution in [1.82, 2.24) is 14.7 Å². The van der Waals surface area contributed by atoms with Gasteiger partial charge in [-0.15, -0.1) is 0 Å². The molecule has 0 spiro atoms. The molecule has 0 fully saturated rings. The second-order valence-corrected chi connectivity index (χ2v) is 4.21. The third kappa shape index (κ3) is 2.42. The van der Waals surface area contributed by atoms with Crippen molar-refractivity contribution in [3.05, 3.63) is 0 Å². The normalized spacial score (nSPS) is 13.4. The molecule has 0 aliphatic heterocycles. The fourth-order valence-electron chi connectivity index (χ4n) is 2.21. The lowest BCUT2D eigenvalue weighted by Gasteiger charge is -2.49. The van der Waals surface area contributed by atoms with Gasteiger partial charge in [0.05, 0.1) is 0 Å². The first-order valence-corrected chi connectivity index (χ1v) is 4.91. The number of rotatable bonds is 5. The Morgan fingerprint density at radius 3 is 1.15 bits per heavy atom. The Hall–Kier alpha value is -0.120. The van der Waals surface area contributed by atoms with E-state index in [0.717, 1.165) is 6.42 Å². The van der Waals surface area contributed by atoms with Crippen molar-refractivity contribution in [3.8, 4) is 0 Å². The van der Waals surface area contributed by atoms with Crippen LogP contribution >= 0.6 is 0 Å². The molecule has 0 aliphatic carbocycles. The van der Waals surface area contributed by atoms with Crippen LogP contribution in [0, 0.1) is 0 Å². The van der Waals surface area contributed by atoms with E-state index in [-0.39, 0.29) is 5.79 Å². The Morgan fingerprint density at radius 2 is 1.08 bits per heavy atom. The van der Waals surface area contributed by atoms with Crippen molar-refractivity contribution in [3.63, 3.8) is 0 Å². The minimum absolute atomic E-state index is 0.0503. The van der Waals surface area contributed by atoms with Gasteiger partial charge in [-0.25, -0.2) is 0 Å². The lowest BCUT2D eigenvalue weighted by Crippen LogP contribution is -2.63. The molecular weight excluding hydrogens is 162 g/mol. The molecule has 0 N–H and O–H groups in total. The van der Waals surface area contributed by atoms with Crippen molar-refractivity contribution in [1.29, 1.82) is 0 Å².